The quantitative estimate of drug-likeness (QED) is 0.924. The molecule has 1 N–H and O–H groups in total. The Bertz CT molecular complexity index is 464. The maximum atomic E-state index is 3.98. The highest BCUT2D eigenvalue weighted by Gasteiger charge is 2.02. The van der Waals surface area contributed by atoms with Gasteiger partial charge in [0, 0.05) is 5.69 Å². The molecule has 0 radical (unpaired) electrons. The fourth-order valence-electron chi connectivity index (χ4n) is 1.33. The SMILES string of the molecule is CC(C)c1ccc(Nc2nnc(Br)s2)cc1. The first-order valence-electron chi connectivity index (χ1n) is 5.01. The van der Waals surface area contributed by atoms with Gasteiger partial charge >= 0.3 is 0 Å². The zero-order valence-electron chi connectivity index (χ0n) is 9.07. The van der Waals surface area contributed by atoms with Gasteiger partial charge in [-0.25, -0.2) is 0 Å². The second-order valence-corrected chi connectivity index (χ2v) is 6.02. The van der Waals surface area contributed by atoms with E-state index in [4.69, 9.17) is 0 Å². The van der Waals surface area contributed by atoms with E-state index in [-0.39, 0.29) is 0 Å². The number of hydrogen-bond acceptors (Lipinski definition) is 4. The molecule has 0 aliphatic carbocycles. The zero-order chi connectivity index (χ0) is 11.5. The van der Waals surface area contributed by atoms with Crippen molar-refractivity contribution < 1.29 is 0 Å². The van der Waals surface area contributed by atoms with E-state index < -0.39 is 0 Å². The van der Waals surface area contributed by atoms with E-state index in [0.717, 1.165) is 14.7 Å². The minimum Gasteiger partial charge on any atom is -0.330 e. The highest BCUT2D eigenvalue weighted by Crippen LogP contribution is 2.24. The summed E-state index contributed by atoms with van der Waals surface area (Å²) in [6, 6.07) is 8.38. The van der Waals surface area contributed by atoms with Crippen LogP contribution in [-0.2, 0) is 0 Å². The molecule has 0 saturated carbocycles. The average molecular weight is 298 g/mol. The van der Waals surface area contributed by atoms with Gasteiger partial charge in [0.2, 0.25) is 5.13 Å². The fourth-order valence-corrected chi connectivity index (χ4v) is 2.36. The van der Waals surface area contributed by atoms with Gasteiger partial charge in [0.1, 0.15) is 0 Å². The predicted molar refractivity (Wildman–Crippen MR) is 71.4 cm³/mol. The van der Waals surface area contributed by atoms with Gasteiger partial charge in [-0.2, -0.15) is 0 Å². The van der Waals surface area contributed by atoms with E-state index in [1.54, 1.807) is 0 Å². The van der Waals surface area contributed by atoms with Gasteiger partial charge in [0.15, 0.2) is 3.92 Å². The molecule has 0 spiro atoms. The lowest BCUT2D eigenvalue weighted by Gasteiger charge is -2.06. The van der Waals surface area contributed by atoms with Crippen LogP contribution in [0.25, 0.3) is 0 Å². The Morgan fingerprint density at radius 2 is 1.88 bits per heavy atom. The van der Waals surface area contributed by atoms with Crippen LogP contribution in [0.5, 0.6) is 0 Å². The number of rotatable bonds is 3. The Kier molecular flexibility index (Phi) is 3.56. The number of hydrogen-bond donors (Lipinski definition) is 1. The van der Waals surface area contributed by atoms with Crippen LogP contribution in [0.15, 0.2) is 28.2 Å². The van der Waals surface area contributed by atoms with E-state index in [2.05, 4.69) is 69.6 Å². The molecular weight excluding hydrogens is 286 g/mol. The first-order valence-corrected chi connectivity index (χ1v) is 6.62. The molecule has 16 heavy (non-hydrogen) atoms. The van der Waals surface area contributed by atoms with Crippen LogP contribution in [-0.4, -0.2) is 10.2 Å². The summed E-state index contributed by atoms with van der Waals surface area (Å²) in [5.41, 5.74) is 2.37. The number of aromatic nitrogens is 2. The summed E-state index contributed by atoms with van der Waals surface area (Å²) in [5.74, 6) is 0.560. The van der Waals surface area contributed by atoms with E-state index in [9.17, 15) is 0 Å². The summed E-state index contributed by atoms with van der Waals surface area (Å²) < 4.78 is 0.786. The summed E-state index contributed by atoms with van der Waals surface area (Å²) in [6.45, 7) is 4.37. The Hall–Kier alpha value is -0.940. The lowest BCUT2D eigenvalue weighted by atomic mass is 10.0. The molecule has 0 aliphatic rings. The zero-order valence-corrected chi connectivity index (χ0v) is 11.5. The average Bonchev–Trinajstić information content (AvgIpc) is 2.65. The summed E-state index contributed by atoms with van der Waals surface area (Å²) in [5, 5.41) is 11.9. The van der Waals surface area contributed by atoms with Crippen molar-refractivity contribution in [3.05, 3.63) is 33.7 Å². The molecule has 3 nitrogen and oxygen atoms in total. The van der Waals surface area contributed by atoms with E-state index >= 15 is 0 Å². The van der Waals surface area contributed by atoms with Gasteiger partial charge in [0.25, 0.3) is 0 Å². The predicted octanol–water partition coefficient (Wildman–Crippen LogP) is 4.17. The molecule has 0 bridgehead atoms. The summed E-state index contributed by atoms with van der Waals surface area (Å²) in [7, 11) is 0. The van der Waals surface area contributed by atoms with Gasteiger partial charge in [0.05, 0.1) is 0 Å². The van der Waals surface area contributed by atoms with Crippen molar-refractivity contribution in [3.63, 3.8) is 0 Å². The van der Waals surface area contributed by atoms with E-state index in [1.807, 2.05) is 0 Å². The lowest BCUT2D eigenvalue weighted by Crippen LogP contribution is -1.91. The number of nitrogens with zero attached hydrogens (tertiary/aromatic N) is 2. The Morgan fingerprint density at radius 3 is 2.38 bits per heavy atom. The number of anilines is 2. The lowest BCUT2D eigenvalue weighted by molar-refractivity contribution is 0.867. The second kappa shape index (κ2) is 4.93. The molecule has 2 rings (SSSR count). The van der Waals surface area contributed by atoms with Crippen molar-refractivity contribution in [1.82, 2.24) is 10.2 Å². The van der Waals surface area contributed by atoms with Crippen molar-refractivity contribution in [3.8, 4) is 0 Å². The highest BCUT2D eigenvalue weighted by molar-refractivity contribution is 9.11. The molecule has 1 aromatic carbocycles. The van der Waals surface area contributed by atoms with Crippen LogP contribution in [0.3, 0.4) is 0 Å². The molecule has 0 fully saturated rings. The molecule has 0 unspecified atom stereocenters. The van der Waals surface area contributed by atoms with Crippen LogP contribution in [0.1, 0.15) is 25.3 Å². The largest absolute Gasteiger partial charge is 0.330 e. The Morgan fingerprint density at radius 1 is 1.19 bits per heavy atom. The standard InChI is InChI=1S/C11H12BrN3S/c1-7(2)8-3-5-9(6-4-8)13-11-15-14-10(12)16-11/h3-7H,1-2H3,(H,13,15). The first-order chi connectivity index (χ1) is 7.65. The molecule has 1 aromatic heterocycles. The molecule has 1 heterocycles. The van der Waals surface area contributed by atoms with Crippen LogP contribution < -0.4 is 5.32 Å². The van der Waals surface area contributed by atoms with E-state index in [1.165, 1.54) is 16.9 Å². The maximum absolute atomic E-state index is 3.98. The smallest absolute Gasteiger partial charge is 0.210 e. The number of nitrogens with one attached hydrogen (secondary N) is 1. The van der Waals surface area contributed by atoms with Crippen LogP contribution in [0.4, 0.5) is 10.8 Å². The van der Waals surface area contributed by atoms with Crippen LogP contribution in [0.2, 0.25) is 0 Å². The number of halogens is 1. The van der Waals surface area contributed by atoms with Gasteiger partial charge in [-0.1, -0.05) is 37.3 Å². The van der Waals surface area contributed by atoms with Crippen molar-refractivity contribution in [1.29, 1.82) is 0 Å². The molecule has 0 amide bonds. The summed E-state index contributed by atoms with van der Waals surface area (Å²) >= 11 is 4.76. The molecule has 0 aliphatic heterocycles. The Balaban J connectivity index is 2.11. The maximum Gasteiger partial charge on any atom is 0.210 e. The molecular formula is C11H12BrN3S. The molecule has 0 saturated heterocycles. The normalized spacial score (nSPS) is 10.8. The van der Waals surface area contributed by atoms with E-state index in [0.29, 0.717) is 5.92 Å². The van der Waals surface area contributed by atoms with Crippen molar-refractivity contribution in [2.24, 2.45) is 0 Å². The third-order valence-electron chi connectivity index (χ3n) is 2.23. The van der Waals surface area contributed by atoms with Gasteiger partial charge in [-0.3, -0.25) is 0 Å². The number of benzene rings is 1. The molecule has 5 heteroatoms. The third-order valence-corrected chi connectivity index (χ3v) is 3.50. The fraction of sp³-hybridized carbons (Fsp3) is 0.273. The monoisotopic (exact) mass is 297 g/mol. The first kappa shape index (κ1) is 11.5. The van der Waals surface area contributed by atoms with Crippen LogP contribution >= 0.6 is 27.3 Å². The van der Waals surface area contributed by atoms with Crippen molar-refractivity contribution in [2.45, 2.75) is 19.8 Å². The molecule has 84 valence electrons. The summed E-state index contributed by atoms with van der Waals surface area (Å²) in [6.07, 6.45) is 0. The molecule has 0 atom stereocenters. The minimum absolute atomic E-state index is 0.560. The Labute approximate surface area is 107 Å². The van der Waals surface area contributed by atoms with Crippen molar-refractivity contribution >= 4 is 38.1 Å². The van der Waals surface area contributed by atoms with Gasteiger partial charge in [-0.15, -0.1) is 10.2 Å². The van der Waals surface area contributed by atoms with Crippen molar-refractivity contribution in [2.75, 3.05) is 5.32 Å². The third kappa shape index (κ3) is 2.80. The molecule has 2 aromatic rings. The highest BCUT2D eigenvalue weighted by atomic mass is 79.9. The minimum atomic E-state index is 0.560. The van der Waals surface area contributed by atoms with Gasteiger partial charge < -0.3 is 5.32 Å². The topological polar surface area (TPSA) is 37.8 Å². The van der Waals surface area contributed by atoms with Crippen LogP contribution in [0, 0.1) is 0 Å². The van der Waals surface area contributed by atoms with Gasteiger partial charge in [-0.05, 0) is 39.5 Å². The second-order valence-electron chi connectivity index (χ2n) is 3.76. The summed E-state index contributed by atoms with van der Waals surface area (Å²) in [4.78, 5) is 0.